The molecule has 6 nitrogen and oxygen atoms in total. The summed E-state index contributed by atoms with van der Waals surface area (Å²) < 4.78 is 0. The molecule has 0 aliphatic carbocycles. The van der Waals surface area contributed by atoms with Gasteiger partial charge in [0, 0.05) is 11.1 Å². The summed E-state index contributed by atoms with van der Waals surface area (Å²) in [6.45, 7) is 0. The smallest absolute Gasteiger partial charge is 0.337 e. The first-order valence-corrected chi connectivity index (χ1v) is 7.92. The van der Waals surface area contributed by atoms with Crippen LogP contribution in [0.4, 0.5) is 23.0 Å². The van der Waals surface area contributed by atoms with Gasteiger partial charge in [0.15, 0.2) is 0 Å². The number of carboxylic acids is 1. The summed E-state index contributed by atoms with van der Waals surface area (Å²) in [6.07, 6.45) is 1.36. The summed E-state index contributed by atoms with van der Waals surface area (Å²) in [5, 5.41) is 16.3. The Morgan fingerprint density at radius 1 is 0.920 bits per heavy atom. The van der Waals surface area contributed by atoms with E-state index in [0.29, 0.717) is 33.1 Å². The van der Waals surface area contributed by atoms with Crippen LogP contribution in [0.3, 0.4) is 0 Å². The molecule has 1 aromatic heterocycles. The van der Waals surface area contributed by atoms with Gasteiger partial charge >= 0.3 is 5.97 Å². The molecule has 0 saturated carbocycles. The van der Waals surface area contributed by atoms with Gasteiger partial charge in [0.2, 0.25) is 0 Å². The van der Waals surface area contributed by atoms with E-state index in [2.05, 4.69) is 20.6 Å². The largest absolute Gasteiger partial charge is 0.478 e. The molecule has 25 heavy (non-hydrogen) atoms. The first kappa shape index (κ1) is 17.0. The van der Waals surface area contributed by atoms with E-state index >= 15 is 0 Å². The summed E-state index contributed by atoms with van der Waals surface area (Å²) in [6, 6.07) is 13.3. The number of aromatic nitrogens is 2. The van der Waals surface area contributed by atoms with Gasteiger partial charge in [-0.2, -0.15) is 0 Å². The molecular weight excluding hydrogens is 363 g/mol. The molecule has 1 heterocycles. The summed E-state index contributed by atoms with van der Waals surface area (Å²) in [5.74, 6) is -0.0886. The number of aromatic carboxylic acids is 1. The SMILES string of the molecule is O=C(O)c1ccccc1Nc1cc(Nc2ccc(Cl)cc2Cl)ncn1. The Morgan fingerprint density at radius 2 is 1.60 bits per heavy atom. The second kappa shape index (κ2) is 7.38. The zero-order valence-corrected chi connectivity index (χ0v) is 14.2. The van der Waals surface area contributed by atoms with Crippen LogP contribution >= 0.6 is 23.2 Å². The van der Waals surface area contributed by atoms with Crippen LogP contribution in [0.2, 0.25) is 10.0 Å². The highest BCUT2D eigenvalue weighted by molar-refractivity contribution is 6.36. The molecule has 0 spiro atoms. The fraction of sp³-hybridized carbons (Fsp3) is 0. The van der Waals surface area contributed by atoms with Crippen molar-refractivity contribution in [3.05, 3.63) is 70.5 Å². The van der Waals surface area contributed by atoms with Crippen molar-refractivity contribution in [1.29, 1.82) is 0 Å². The molecule has 3 N–H and O–H groups in total. The molecule has 0 amide bonds. The standard InChI is InChI=1S/C17H12Cl2N4O2/c18-10-5-6-14(12(19)7-10)23-16-8-15(20-9-21-16)22-13-4-2-1-3-11(13)17(24)25/h1-9H,(H,24,25)(H2,20,21,22,23). The van der Waals surface area contributed by atoms with Crippen LogP contribution in [0.25, 0.3) is 0 Å². The van der Waals surface area contributed by atoms with Crippen LogP contribution in [-0.2, 0) is 0 Å². The Balaban J connectivity index is 1.84. The van der Waals surface area contributed by atoms with Gasteiger partial charge in [-0.1, -0.05) is 35.3 Å². The third-order valence-electron chi connectivity index (χ3n) is 3.28. The number of para-hydroxylation sites is 1. The maximum Gasteiger partial charge on any atom is 0.337 e. The molecule has 0 atom stereocenters. The Kier molecular flexibility index (Phi) is 5.02. The zero-order valence-electron chi connectivity index (χ0n) is 12.7. The van der Waals surface area contributed by atoms with Gasteiger partial charge in [-0.3, -0.25) is 0 Å². The number of rotatable bonds is 5. The number of carbonyl (C=O) groups is 1. The first-order valence-electron chi connectivity index (χ1n) is 7.16. The molecule has 0 aliphatic rings. The quantitative estimate of drug-likeness (QED) is 0.584. The molecule has 8 heteroatoms. The topological polar surface area (TPSA) is 87.1 Å². The van der Waals surface area contributed by atoms with Crippen molar-refractivity contribution in [2.24, 2.45) is 0 Å². The van der Waals surface area contributed by atoms with Crippen molar-refractivity contribution in [2.75, 3.05) is 10.6 Å². The molecule has 0 aliphatic heterocycles. The van der Waals surface area contributed by atoms with Crippen molar-refractivity contribution in [1.82, 2.24) is 9.97 Å². The Labute approximate surface area is 153 Å². The number of carboxylic acid groups (broad SMARTS) is 1. The number of benzene rings is 2. The first-order chi connectivity index (χ1) is 12.0. The molecule has 2 aromatic carbocycles. The lowest BCUT2D eigenvalue weighted by Gasteiger charge is -2.11. The van der Waals surface area contributed by atoms with Gasteiger partial charge in [-0.05, 0) is 30.3 Å². The van der Waals surface area contributed by atoms with Crippen LogP contribution in [0.15, 0.2) is 54.9 Å². The lowest BCUT2D eigenvalue weighted by Crippen LogP contribution is -2.04. The minimum absolute atomic E-state index is 0.149. The van der Waals surface area contributed by atoms with Gasteiger partial charge in [0.25, 0.3) is 0 Å². The second-order valence-electron chi connectivity index (χ2n) is 5.01. The van der Waals surface area contributed by atoms with Gasteiger partial charge in [0.05, 0.1) is 22.0 Å². The highest BCUT2D eigenvalue weighted by atomic mass is 35.5. The maximum absolute atomic E-state index is 11.3. The van der Waals surface area contributed by atoms with Crippen LogP contribution in [-0.4, -0.2) is 21.0 Å². The van der Waals surface area contributed by atoms with Crippen molar-refractivity contribution in [2.45, 2.75) is 0 Å². The maximum atomic E-state index is 11.3. The highest BCUT2D eigenvalue weighted by Gasteiger charge is 2.10. The molecule has 0 saturated heterocycles. The van der Waals surface area contributed by atoms with Crippen molar-refractivity contribution >= 4 is 52.2 Å². The fourth-order valence-electron chi connectivity index (χ4n) is 2.14. The molecule has 3 rings (SSSR count). The van der Waals surface area contributed by atoms with Crippen LogP contribution in [0, 0.1) is 0 Å². The fourth-order valence-corrected chi connectivity index (χ4v) is 2.60. The monoisotopic (exact) mass is 374 g/mol. The minimum atomic E-state index is -1.02. The summed E-state index contributed by atoms with van der Waals surface area (Å²) in [7, 11) is 0. The number of nitrogens with zero attached hydrogens (tertiary/aromatic N) is 2. The average molecular weight is 375 g/mol. The predicted molar refractivity (Wildman–Crippen MR) is 98.5 cm³/mol. The van der Waals surface area contributed by atoms with E-state index in [1.54, 1.807) is 42.5 Å². The van der Waals surface area contributed by atoms with Gasteiger partial charge in [0.1, 0.15) is 18.0 Å². The minimum Gasteiger partial charge on any atom is -0.478 e. The molecule has 0 unspecified atom stereocenters. The number of hydrogen-bond acceptors (Lipinski definition) is 5. The van der Waals surface area contributed by atoms with Crippen LogP contribution in [0.5, 0.6) is 0 Å². The summed E-state index contributed by atoms with van der Waals surface area (Å²) in [4.78, 5) is 19.5. The normalized spacial score (nSPS) is 10.3. The van der Waals surface area contributed by atoms with E-state index in [4.69, 9.17) is 23.2 Å². The molecular formula is C17H12Cl2N4O2. The van der Waals surface area contributed by atoms with E-state index in [-0.39, 0.29) is 5.56 Å². The predicted octanol–water partition coefficient (Wildman–Crippen LogP) is 4.97. The van der Waals surface area contributed by atoms with Gasteiger partial charge in [-0.25, -0.2) is 14.8 Å². The number of halogens is 2. The molecule has 0 radical (unpaired) electrons. The summed E-state index contributed by atoms with van der Waals surface area (Å²) in [5.41, 5.74) is 1.22. The van der Waals surface area contributed by atoms with Gasteiger partial charge in [-0.15, -0.1) is 0 Å². The second-order valence-corrected chi connectivity index (χ2v) is 5.86. The lowest BCUT2D eigenvalue weighted by atomic mass is 10.2. The van der Waals surface area contributed by atoms with Gasteiger partial charge < -0.3 is 15.7 Å². The zero-order chi connectivity index (χ0) is 17.8. The van der Waals surface area contributed by atoms with E-state index in [1.807, 2.05) is 0 Å². The van der Waals surface area contributed by atoms with Crippen molar-refractivity contribution in [3.63, 3.8) is 0 Å². The third kappa shape index (κ3) is 4.17. The Hall–Kier alpha value is -2.83. The molecule has 3 aromatic rings. The Morgan fingerprint density at radius 3 is 2.28 bits per heavy atom. The number of nitrogens with one attached hydrogen (secondary N) is 2. The van der Waals surface area contributed by atoms with Crippen LogP contribution in [0.1, 0.15) is 10.4 Å². The number of anilines is 4. The molecule has 0 fully saturated rings. The Bertz CT molecular complexity index is 934. The third-order valence-corrected chi connectivity index (χ3v) is 3.83. The summed E-state index contributed by atoms with van der Waals surface area (Å²) >= 11 is 12.0. The van der Waals surface area contributed by atoms with Crippen molar-refractivity contribution < 1.29 is 9.90 Å². The van der Waals surface area contributed by atoms with E-state index in [9.17, 15) is 9.90 Å². The van der Waals surface area contributed by atoms with E-state index in [1.165, 1.54) is 12.4 Å². The van der Waals surface area contributed by atoms with Crippen molar-refractivity contribution in [3.8, 4) is 0 Å². The van der Waals surface area contributed by atoms with E-state index < -0.39 is 5.97 Å². The highest BCUT2D eigenvalue weighted by Crippen LogP contribution is 2.28. The molecule has 0 bridgehead atoms. The van der Waals surface area contributed by atoms with E-state index in [0.717, 1.165) is 0 Å². The number of hydrogen-bond donors (Lipinski definition) is 3. The molecule has 126 valence electrons. The lowest BCUT2D eigenvalue weighted by molar-refractivity contribution is 0.0698. The van der Waals surface area contributed by atoms with Crippen LogP contribution < -0.4 is 10.6 Å². The average Bonchev–Trinajstić information content (AvgIpc) is 2.58.